The summed E-state index contributed by atoms with van der Waals surface area (Å²) in [5.41, 5.74) is 4.34. The molecule has 2 aromatic rings. The minimum absolute atomic E-state index is 0.187. The van der Waals surface area contributed by atoms with Crippen molar-refractivity contribution in [1.82, 2.24) is 0 Å². The molecule has 0 aliphatic heterocycles. The van der Waals surface area contributed by atoms with E-state index in [1.54, 1.807) is 0 Å². The summed E-state index contributed by atoms with van der Waals surface area (Å²) in [7, 11) is 0. The highest BCUT2D eigenvalue weighted by atomic mass is 79.9. The van der Waals surface area contributed by atoms with Gasteiger partial charge in [-0.3, -0.25) is 12.9 Å². The zero-order chi connectivity index (χ0) is 13.5. The lowest BCUT2D eigenvalue weighted by atomic mass is 10.0. The predicted molar refractivity (Wildman–Crippen MR) is 88.6 cm³/mol. The molecule has 0 heterocycles. The van der Waals surface area contributed by atoms with Crippen LogP contribution in [0, 0.1) is 0 Å². The molecule has 0 bridgehead atoms. The molecular formula is C17H19BrMg. The summed E-state index contributed by atoms with van der Waals surface area (Å²) in [4.78, 5) is 0. The Labute approximate surface area is 132 Å². The first-order valence-corrected chi connectivity index (χ1v) is 11.6. The standard InChI is InChI=1S/C17H19.BrH.Mg/c1-2-6-15-9-12-17(13-10-15)14-11-16-7-4-3-5-8-16;;/h4-5,7-10,12-13H,2,6,11,14H2,1H3;1H;/q;;+1/p-1. The maximum absolute atomic E-state index is 3.62. The first-order chi connectivity index (χ1) is 9.31. The van der Waals surface area contributed by atoms with Gasteiger partial charge in [0, 0.05) is 0 Å². The number of benzene rings is 2. The summed E-state index contributed by atoms with van der Waals surface area (Å²) < 4.78 is 1.48. The lowest BCUT2D eigenvalue weighted by Gasteiger charge is -2.05. The Hall–Kier alpha value is -0.314. The van der Waals surface area contributed by atoms with Crippen molar-refractivity contribution in [1.29, 1.82) is 0 Å². The smallest absolute Gasteiger partial charge is 0.296 e. The second-order valence-corrected chi connectivity index (χ2v) is 7.78. The molecule has 0 saturated carbocycles. The number of hydrogen-bond donors (Lipinski definition) is 0. The zero-order valence-corrected chi connectivity index (χ0v) is 14.5. The minimum Gasteiger partial charge on any atom is -0.296 e. The largest absolute Gasteiger partial charge is 0.506 e. The van der Waals surface area contributed by atoms with Crippen LogP contribution in [0.2, 0.25) is 0 Å². The fourth-order valence-corrected chi connectivity index (χ4v) is 3.78. The van der Waals surface area contributed by atoms with Crippen molar-refractivity contribution < 1.29 is 0 Å². The molecule has 0 aliphatic rings. The summed E-state index contributed by atoms with van der Waals surface area (Å²) in [6.07, 6.45) is 4.69. The van der Waals surface area contributed by atoms with E-state index in [0.29, 0.717) is 0 Å². The summed E-state index contributed by atoms with van der Waals surface area (Å²) in [6.45, 7) is 2.23. The maximum atomic E-state index is 3.62. The number of aryl methyl sites for hydroxylation is 3. The summed E-state index contributed by atoms with van der Waals surface area (Å²) in [6, 6.07) is 18.2. The highest BCUT2D eigenvalue weighted by Gasteiger charge is 1.98. The van der Waals surface area contributed by atoms with Gasteiger partial charge in [-0.15, -0.1) is 0 Å². The van der Waals surface area contributed by atoms with Crippen LogP contribution in [0.4, 0.5) is 0 Å². The average Bonchev–Trinajstić information content (AvgIpc) is 2.47. The molecular weight excluding hydrogens is 308 g/mol. The average molecular weight is 328 g/mol. The molecule has 0 unspecified atom stereocenters. The normalized spacial score (nSPS) is 10.2. The van der Waals surface area contributed by atoms with Crippen LogP contribution < -0.4 is 3.69 Å². The lowest BCUT2D eigenvalue weighted by Crippen LogP contribution is -2.07. The molecule has 0 saturated heterocycles. The Morgan fingerprint density at radius 2 is 1.16 bits per heavy atom. The summed E-state index contributed by atoms with van der Waals surface area (Å²) in [5.74, 6) is 0. The molecule has 96 valence electrons. The van der Waals surface area contributed by atoms with Crippen LogP contribution in [-0.2, 0) is 19.3 Å². The van der Waals surface area contributed by atoms with Gasteiger partial charge in [-0.1, -0.05) is 61.9 Å². The molecule has 0 nitrogen and oxygen atoms in total. The van der Waals surface area contributed by atoms with Crippen LogP contribution >= 0.6 is 12.9 Å². The fraction of sp³-hybridized carbons (Fsp3) is 0.294. The molecule has 0 atom stereocenters. The van der Waals surface area contributed by atoms with Crippen molar-refractivity contribution >= 4 is 34.8 Å². The zero-order valence-electron chi connectivity index (χ0n) is 11.5. The van der Waals surface area contributed by atoms with Crippen LogP contribution in [0.5, 0.6) is 0 Å². The second kappa shape index (κ2) is 8.08. The van der Waals surface area contributed by atoms with E-state index in [2.05, 4.69) is 68.3 Å². The topological polar surface area (TPSA) is 0 Å². The van der Waals surface area contributed by atoms with Gasteiger partial charge in [0.25, 0.3) is 0 Å². The molecule has 0 aromatic heterocycles. The van der Waals surface area contributed by atoms with E-state index < -0.39 is 0 Å². The van der Waals surface area contributed by atoms with Crippen LogP contribution in [0.25, 0.3) is 0 Å². The van der Waals surface area contributed by atoms with Gasteiger partial charge in [-0.25, -0.2) is 0 Å². The third-order valence-electron chi connectivity index (χ3n) is 3.44. The van der Waals surface area contributed by atoms with Crippen LogP contribution in [-0.4, -0.2) is 18.2 Å². The first-order valence-electron chi connectivity index (χ1n) is 7.03. The van der Waals surface area contributed by atoms with Gasteiger partial charge in [-0.2, -0.15) is 3.69 Å². The Balaban J connectivity index is 1.90. The van der Waals surface area contributed by atoms with Crippen molar-refractivity contribution in [2.75, 3.05) is 0 Å². The van der Waals surface area contributed by atoms with Gasteiger partial charge in [0.1, 0.15) is 0 Å². The molecule has 2 rings (SSSR count). The number of hydrogen-bond acceptors (Lipinski definition) is 0. The van der Waals surface area contributed by atoms with Gasteiger partial charge < -0.3 is 0 Å². The molecule has 0 fully saturated rings. The molecule has 2 heteroatoms. The van der Waals surface area contributed by atoms with E-state index in [0.717, 1.165) is 12.8 Å². The Bertz CT molecular complexity index is 488. The molecule has 2 aromatic carbocycles. The van der Waals surface area contributed by atoms with Gasteiger partial charge in [0.2, 0.25) is 0 Å². The monoisotopic (exact) mass is 326 g/mol. The minimum atomic E-state index is -0.187. The Kier molecular flexibility index (Phi) is 6.41. The molecule has 19 heavy (non-hydrogen) atoms. The highest BCUT2D eigenvalue weighted by molar-refractivity contribution is 9.23. The third-order valence-corrected chi connectivity index (χ3v) is 6.16. The van der Waals surface area contributed by atoms with Crippen molar-refractivity contribution in [3.05, 3.63) is 65.2 Å². The second-order valence-electron chi connectivity index (χ2n) is 5.02. The van der Waals surface area contributed by atoms with Crippen molar-refractivity contribution in [3.8, 4) is 0 Å². The van der Waals surface area contributed by atoms with E-state index >= 15 is 0 Å². The fourth-order valence-electron chi connectivity index (χ4n) is 2.24. The van der Waals surface area contributed by atoms with Gasteiger partial charge in [-0.05, 0) is 36.0 Å². The van der Waals surface area contributed by atoms with Crippen LogP contribution in [0.3, 0.4) is 0 Å². The quantitative estimate of drug-likeness (QED) is 0.702. The molecule has 0 spiro atoms. The van der Waals surface area contributed by atoms with Gasteiger partial charge in [0.05, 0.1) is 0 Å². The lowest BCUT2D eigenvalue weighted by molar-refractivity contribution is 0.914. The maximum Gasteiger partial charge on any atom is 0.506 e. The van der Waals surface area contributed by atoms with E-state index in [9.17, 15) is 0 Å². The van der Waals surface area contributed by atoms with E-state index in [1.165, 1.54) is 33.2 Å². The molecule has 0 amide bonds. The van der Waals surface area contributed by atoms with Crippen LogP contribution in [0.15, 0.2) is 48.5 Å². The Morgan fingerprint density at radius 1 is 0.737 bits per heavy atom. The molecule has 0 radical (unpaired) electrons. The molecule has 0 aliphatic carbocycles. The highest BCUT2D eigenvalue weighted by Crippen LogP contribution is 2.10. The SMILES string of the molecule is CCCc1ccc(CCc2cc[c]([Mg][Br])cc2)cc1. The first kappa shape index (κ1) is 15.1. The van der Waals surface area contributed by atoms with Crippen molar-refractivity contribution in [2.45, 2.75) is 32.6 Å². The predicted octanol–water partition coefficient (Wildman–Crippen LogP) is 4.06. The van der Waals surface area contributed by atoms with Gasteiger partial charge in [0.15, 0.2) is 0 Å². The van der Waals surface area contributed by atoms with E-state index in [4.69, 9.17) is 0 Å². The summed E-state index contributed by atoms with van der Waals surface area (Å²) >= 11 is 3.43. The van der Waals surface area contributed by atoms with Gasteiger partial charge >= 0.3 is 18.2 Å². The number of halogens is 1. The summed E-state index contributed by atoms with van der Waals surface area (Å²) in [5, 5.41) is 0. The third kappa shape index (κ3) is 4.94. The van der Waals surface area contributed by atoms with Crippen molar-refractivity contribution in [3.63, 3.8) is 0 Å². The van der Waals surface area contributed by atoms with E-state index in [1.807, 2.05) is 0 Å². The Morgan fingerprint density at radius 3 is 1.58 bits per heavy atom. The van der Waals surface area contributed by atoms with Crippen LogP contribution in [0.1, 0.15) is 30.0 Å². The number of rotatable bonds is 6. The molecule has 0 N–H and O–H groups in total. The van der Waals surface area contributed by atoms with Crippen molar-refractivity contribution in [2.24, 2.45) is 0 Å². The van der Waals surface area contributed by atoms with E-state index in [-0.39, 0.29) is 18.2 Å².